The Bertz CT molecular complexity index is 1400. The molecular weight excluding hydrogens is 445 g/mol. The molecule has 0 saturated carbocycles. The number of hydrogen-bond donors (Lipinski definition) is 2. The first-order valence-corrected chi connectivity index (χ1v) is 10.6. The van der Waals surface area contributed by atoms with Gasteiger partial charge in [-0.15, -0.1) is 0 Å². The quantitative estimate of drug-likeness (QED) is 0.441. The zero-order valence-electron chi connectivity index (χ0n) is 18.2. The summed E-state index contributed by atoms with van der Waals surface area (Å²) in [4.78, 5) is 29.1. The van der Waals surface area contributed by atoms with Crippen LogP contribution >= 0.6 is 11.6 Å². The molecule has 0 aliphatic heterocycles. The molecule has 3 N–H and O–H groups in total. The molecule has 9 heteroatoms. The number of halogens is 2. The monoisotopic (exact) mass is 465 g/mol. The van der Waals surface area contributed by atoms with E-state index in [4.69, 9.17) is 17.3 Å². The van der Waals surface area contributed by atoms with Crippen LogP contribution in [0.25, 0.3) is 10.9 Å². The van der Waals surface area contributed by atoms with Crippen molar-refractivity contribution in [3.8, 4) is 0 Å². The molecule has 4 rings (SSSR count). The molecule has 0 aliphatic carbocycles. The van der Waals surface area contributed by atoms with Crippen LogP contribution in [0.3, 0.4) is 0 Å². The molecule has 2 amide bonds. The molecular formula is C24H21ClFN5O2. The molecule has 0 spiro atoms. The second-order valence-corrected chi connectivity index (χ2v) is 8.14. The molecule has 2 aromatic carbocycles. The predicted octanol–water partition coefficient (Wildman–Crippen LogP) is 4.80. The van der Waals surface area contributed by atoms with E-state index >= 15 is 0 Å². The van der Waals surface area contributed by atoms with Crippen molar-refractivity contribution in [2.45, 2.75) is 26.8 Å². The number of aryl methyl sites for hydroxylation is 1. The summed E-state index contributed by atoms with van der Waals surface area (Å²) in [7, 11) is 0. The third kappa shape index (κ3) is 4.17. The molecule has 0 aliphatic rings. The number of pyridine rings is 1. The van der Waals surface area contributed by atoms with Crippen LogP contribution in [0.2, 0.25) is 5.02 Å². The Balaban J connectivity index is 1.76. The van der Waals surface area contributed by atoms with Crippen LogP contribution in [-0.4, -0.2) is 26.6 Å². The maximum Gasteiger partial charge on any atom is 0.267 e. The van der Waals surface area contributed by atoms with Gasteiger partial charge in [-0.05, 0) is 38.5 Å². The fourth-order valence-corrected chi connectivity index (χ4v) is 3.97. The number of carbonyl (C=O) groups excluding carboxylic acids is 2. The molecule has 2 heterocycles. The lowest BCUT2D eigenvalue weighted by molar-refractivity contribution is 0.0996. The van der Waals surface area contributed by atoms with Crippen molar-refractivity contribution in [3.63, 3.8) is 0 Å². The molecule has 7 nitrogen and oxygen atoms in total. The van der Waals surface area contributed by atoms with E-state index in [9.17, 15) is 14.0 Å². The number of amides is 2. The summed E-state index contributed by atoms with van der Waals surface area (Å²) in [5.41, 5.74) is 8.41. The number of rotatable bonds is 5. The van der Waals surface area contributed by atoms with E-state index in [0.29, 0.717) is 16.8 Å². The summed E-state index contributed by atoms with van der Waals surface area (Å²) in [6.07, 6.45) is 0. The average molecular weight is 466 g/mol. The van der Waals surface area contributed by atoms with E-state index in [0.717, 1.165) is 17.3 Å². The topological polar surface area (TPSA) is 103 Å². The van der Waals surface area contributed by atoms with Gasteiger partial charge in [0, 0.05) is 11.5 Å². The Kier molecular flexibility index (Phi) is 5.86. The number of nitrogens with two attached hydrogens (primary N) is 1. The zero-order chi connectivity index (χ0) is 23.9. The van der Waals surface area contributed by atoms with E-state index in [-0.39, 0.29) is 27.8 Å². The lowest BCUT2D eigenvalue weighted by Gasteiger charge is -2.15. The third-order valence-electron chi connectivity index (χ3n) is 5.56. The van der Waals surface area contributed by atoms with Gasteiger partial charge in [0.15, 0.2) is 0 Å². The summed E-state index contributed by atoms with van der Waals surface area (Å²) in [5, 5.41) is 7.62. The lowest BCUT2D eigenvalue weighted by Crippen LogP contribution is -2.18. The van der Waals surface area contributed by atoms with Gasteiger partial charge in [0.1, 0.15) is 11.5 Å². The number of primary amides is 1. The Morgan fingerprint density at radius 2 is 1.85 bits per heavy atom. The van der Waals surface area contributed by atoms with Gasteiger partial charge in [0.2, 0.25) is 0 Å². The fourth-order valence-electron chi connectivity index (χ4n) is 3.81. The highest BCUT2D eigenvalue weighted by Crippen LogP contribution is 2.29. The number of fused-ring (bicyclic) bond motifs is 1. The molecule has 0 radical (unpaired) electrons. The second kappa shape index (κ2) is 8.63. The van der Waals surface area contributed by atoms with E-state index in [1.54, 1.807) is 6.92 Å². The highest BCUT2D eigenvalue weighted by Gasteiger charge is 2.22. The van der Waals surface area contributed by atoms with Crippen LogP contribution in [0, 0.1) is 19.7 Å². The Labute approximate surface area is 194 Å². The van der Waals surface area contributed by atoms with Crippen molar-refractivity contribution in [1.29, 1.82) is 0 Å². The Morgan fingerprint density at radius 1 is 1.15 bits per heavy atom. The predicted molar refractivity (Wildman–Crippen MR) is 125 cm³/mol. The standard InChI is InChI=1S/C24H21ClFN5O2/c1-12-22(14(3)31(30-12)13(2)15-7-5-4-6-8-15)29-24(33)17-10-21(23(27)32)28-20-11-19(26)18(25)9-16(17)20/h4-11,13H,1-3H3,(H2,27,32)(H,29,33). The Morgan fingerprint density at radius 3 is 2.52 bits per heavy atom. The van der Waals surface area contributed by atoms with Gasteiger partial charge in [-0.25, -0.2) is 9.37 Å². The second-order valence-electron chi connectivity index (χ2n) is 7.73. The van der Waals surface area contributed by atoms with Gasteiger partial charge in [-0.2, -0.15) is 5.10 Å². The highest BCUT2D eigenvalue weighted by molar-refractivity contribution is 6.31. The van der Waals surface area contributed by atoms with Crippen molar-refractivity contribution >= 4 is 40.0 Å². The minimum atomic E-state index is -0.835. The third-order valence-corrected chi connectivity index (χ3v) is 5.85. The number of nitrogens with one attached hydrogen (secondary N) is 1. The molecule has 168 valence electrons. The SMILES string of the molecule is Cc1nn(C(C)c2ccccc2)c(C)c1NC(=O)c1cc(C(N)=O)nc2cc(F)c(Cl)cc12. The number of benzene rings is 2. The van der Waals surface area contributed by atoms with E-state index in [1.165, 1.54) is 12.1 Å². The average Bonchev–Trinajstić information content (AvgIpc) is 3.07. The first-order chi connectivity index (χ1) is 15.7. The van der Waals surface area contributed by atoms with Crippen LogP contribution in [0.5, 0.6) is 0 Å². The number of hydrogen-bond acceptors (Lipinski definition) is 4. The van der Waals surface area contributed by atoms with Crippen molar-refractivity contribution in [3.05, 3.63) is 87.6 Å². The molecule has 33 heavy (non-hydrogen) atoms. The maximum absolute atomic E-state index is 14.0. The summed E-state index contributed by atoms with van der Waals surface area (Å²) >= 11 is 5.93. The highest BCUT2D eigenvalue weighted by atomic mass is 35.5. The fraction of sp³-hybridized carbons (Fsp3) is 0.167. The largest absolute Gasteiger partial charge is 0.364 e. The molecule has 1 atom stereocenters. The first-order valence-electron chi connectivity index (χ1n) is 10.2. The summed E-state index contributed by atoms with van der Waals surface area (Å²) in [6.45, 7) is 5.68. The van der Waals surface area contributed by atoms with Crippen LogP contribution in [0.4, 0.5) is 10.1 Å². The zero-order valence-corrected chi connectivity index (χ0v) is 18.9. The van der Waals surface area contributed by atoms with Gasteiger partial charge in [0.25, 0.3) is 11.8 Å². The smallest absolute Gasteiger partial charge is 0.267 e. The molecule has 4 aromatic rings. The summed E-state index contributed by atoms with van der Waals surface area (Å²) in [5.74, 6) is -2.07. The van der Waals surface area contributed by atoms with Gasteiger partial charge in [-0.1, -0.05) is 41.9 Å². The normalized spacial score (nSPS) is 12.0. The van der Waals surface area contributed by atoms with Gasteiger partial charge < -0.3 is 11.1 Å². The molecule has 0 fully saturated rings. The molecule has 0 bridgehead atoms. The number of nitrogens with zero attached hydrogens (tertiary/aromatic N) is 3. The maximum atomic E-state index is 14.0. The Hall–Kier alpha value is -3.78. The van der Waals surface area contributed by atoms with E-state index < -0.39 is 17.6 Å². The van der Waals surface area contributed by atoms with Gasteiger partial charge in [0.05, 0.1) is 39.2 Å². The van der Waals surface area contributed by atoms with E-state index in [2.05, 4.69) is 15.4 Å². The van der Waals surface area contributed by atoms with Crippen molar-refractivity contribution in [2.24, 2.45) is 5.73 Å². The summed E-state index contributed by atoms with van der Waals surface area (Å²) < 4.78 is 15.8. The van der Waals surface area contributed by atoms with Crippen molar-refractivity contribution in [2.75, 3.05) is 5.32 Å². The van der Waals surface area contributed by atoms with Crippen LogP contribution in [0.1, 0.15) is 50.8 Å². The first kappa shape index (κ1) is 22.4. The van der Waals surface area contributed by atoms with Crippen LogP contribution in [0.15, 0.2) is 48.5 Å². The van der Waals surface area contributed by atoms with Gasteiger partial charge in [-0.3, -0.25) is 14.3 Å². The number of carbonyl (C=O) groups is 2. The number of anilines is 1. The molecule has 2 aromatic heterocycles. The summed E-state index contributed by atoms with van der Waals surface area (Å²) in [6, 6.07) is 13.5. The van der Waals surface area contributed by atoms with Gasteiger partial charge >= 0.3 is 0 Å². The van der Waals surface area contributed by atoms with Crippen molar-refractivity contribution < 1.29 is 14.0 Å². The molecule has 1 unspecified atom stereocenters. The minimum absolute atomic E-state index is 0.0550. The van der Waals surface area contributed by atoms with Crippen LogP contribution in [-0.2, 0) is 0 Å². The number of aromatic nitrogens is 3. The van der Waals surface area contributed by atoms with Crippen LogP contribution < -0.4 is 11.1 Å². The molecule has 0 saturated heterocycles. The lowest BCUT2D eigenvalue weighted by atomic mass is 10.1. The van der Waals surface area contributed by atoms with E-state index in [1.807, 2.05) is 48.9 Å². The minimum Gasteiger partial charge on any atom is -0.364 e. The van der Waals surface area contributed by atoms with Crippen molar-refractivity contribution in [1.82, 2.24) is 14.8 Å².